The molecule has 2 aliphatic rings. The standard InChI is InChI=1S/C23H38N2O4/c1-14(2)10-15-11-18(12-15)21-19(16-6-7-16)20(25-29-21)17(8-9-26)13-24-22(27)28-23(3,4)5/h14-18,26H,6-13H2,1-5H3,(H,24,27)/t15?,17-,18?/m1/s1. The van der Waals surface area contributed by atoms with E-state index in [-0.39, 0.29) is 12.5 Å². The Bertz CT molecular complexity index is 682. The first-order valence-corrected chi connectivity index (χ1v) is 11.2. The van der Waals surface area contributed by atoms with Crippen LogP contribution in [0.1, 0.15) is 108 Å². The molecule has 0 spiro atoms. The van der Waals surface area contributed by atoms with E-state index in [9.17, 15) is 9.90 Å². The van der Waals surface area contributed by atoms with E-state index in [1.54, 1.807) is 0 Å². The second-order valence-corrected chi connectivity index (χ2v) is 10.4. The molecule has 0 unspecified atom stereocenters. The summed E-state index contributed by atoms with van der Waals surface area (Å²) in [4.78, 5) is 12.1. The average Bonchev–Trinajstić information content (AvgIpc) is 3.32. The Morgan fingerprint density at radius 2 is 1.97 bits per heavy atom. The number of carbonyl (C=O) groups excluding carboxylic acids is 1. The van der Waals surface area contributed by atoms with Crippen LogP contribution in [0.3, 0.4) is 0 Å². The average molecular weight is 407 g/mol. The fourth-order valence-electron chi connectivity index (χ4n) is 4.52. The highest BCUT2D eigenvalue weighted by atomic mass is 16.6. The normalized spacial score (nSPS) is 23.0. The molecule has 0 radical (unpaired) electrons. The van der Waals surface area contributed by atoms with Gasteiger partial charge in [-0.2, -0.15) is 0 Å². The third-order valence-electron chi connectivity index (χ3n) is 5.94. The van der Waals surface area contributed by atoms with Crippen LogP contribution in [0.5, 0.6) is 0 Å². The highest BCUT2D eigenvalue weighted by Gasteiger charge is 2.41. The van der Waals surface area contributed by atoms with Gasteiger partial charge in [0.25, 0.3) is 0 Å². The van der Waals surface area contributed by atoms with Gasteiger partial charge in [-0.05, 0) is 77.0 Å². The van der Waals surface area contributed by atoms with Gasteiger partial charge in [0, 0.05) is 30.6 Å². The predicted molar refractivity (Wildman–Crippen MR) is 112 cm³/mol. The van der Waals surface area contributed by atoms with Crippen molar-refractivity contribution < 1.29 is 19.2 Å². The fraction of sp³-hybridized carbons (Fsp3) is 0.826. The lowest BCUT2D eigenvalue weighted by Gasteiger charge is -2.35. The zero-order chi connectivity index (χ0) is 21.2. The van der Waals surface area contributed by atoms with Gasteiger partial charge in [0.2, 0.25) is 0 Å². The van der Waals surface area contributed by atoms with Gasteiger partial charge in [-0.15, -0.1) is 0 Å². The second kappa shape index (κ2) is 9.07. The van der Waals surface area contributed by atoms with Gasteiger partial charge < -0.3 is 19.7 Å². The van der Waals surface area contributed by atoms with Crippen molar-refractivity contribution in [1.29, 1.82) is 0 Å². The van der Waals surface area contributed by atoms with E-state index in [1.807, 2.05) is 20.8 Å². The summed E-state index contributed by atoms with van der Waals surface area (Å²) in [7, 11) is 0. The third kappa shape index (κ3) is 5.97. The van der Waals surface area contributed by atoms with Crippen molar-refractivity contribution in [1.82, 2.24) is 10.5 Å². The molecule has 29 heavy (non-hydrogen) atoms. The number of aromatic nitrogens is 1. The zero-order valence-corrected chi connectivity index (χ0v) is 18.7. The lowest BCUT2D eigenvalue weighted by Crippen LogP contribution is -2.35. The van der Waals surface area contributed by atoms with E-state index in [0.717, 1.165) is 23.3 Å². The van der Waals surface area contributed by atoms with Crippen LogP contribution in [0.4, 0.5) is 4.79 Å². The molecule has 2 fully saturated rings. The Hall–Kier alpha value is -1.56. The monoisotopic (exact) mass is 406 g/mol. The maximum absolute atomic E-state index is 12.1. The van der Waals surface area contributed by atoms with Crippen LogP contribution in [0, 0.1) is 11.8 Å². The van der Waals surface area contributed by atoms with Crippen molar-refractivity contribution in [3.8, 4) is 0 Å². The molecule has 6 nitrogen and oxygen atoms in total. The summed E-state index contributed by atoms with van der Waals surface area (Å²) in [5.41, 5.74) is 1.66. The first kappa shape index (κ1) is 22.1. The molecule has 2 saturated carbocycles. The molecule has 164 valence electrons. The van der Waals surface area contributed by atoms with E-state index in [4.69, 9.17) is 9.26 Å². The number of amides is 1. The number of ether oxygens (including phenoxy) is 1. The Kier molecular flexibility index (Phi) is 6.92. The largest absolute Gasteiger partial charge is 0.444 e. The topological polar surface area (TPSA) is 84.6 Å². The smallest absolute Gasteiger partial charge is 0.407 e. The molecule has 1 aromatic heterocycles. The number of rotatable bonds is 9. The first-order chi connectivity index (χ1) is 13.7. The molecule has 0 bridgehead atoms. The van der Waals surface area contributed by atoms with Gasteiger partial charge in [0.05, 0.1) is 5.69 Å². The van der Waals surface area contributed by atoms with Gasteiger partial charge in [-0.1, -0.05) is 19.0 Å². The summed E-state index contributed by atoms with van der Waals surface area (Å²) in [6, 6.07) is 0. The minimum absolute atomic E-state index is 0.0485. The summed E-state index contributed by atoms with van der Waals surface area (Å²) >= 11 is 0. The quantitative estimate of drug-likeness (QED) is 0.597. The van der Waals surface area contributed by atoms with Gasteiger partial charge >= 0.3 is 6.09 Å². The molecule has 2 N–H and O–H groups in total. The minimum Gasteiger partial charge on any atom is -0.444 e. The van der Waals surface area contributed by atoms with Crippen LogP contribution < -0.4 is 5.32 Å². The molecule has 2 aliphatic carbocycles. The summed E-state index contributed by atoms with van der Waals surface area (Å²) < 4.78 is 11.2. The van der Waals surface area contributed by atoms with Crippen LogP contribution in [-0.2, 0) is 4.74 Å². The van der Waals surface area contributed by atoms with Gasteiger partial charge in [-0.3, -0.25) is 0 Å². The number of nitrogens with zero attached hydrogens (tertiary/aromatic N) is 1. The molecule has 3 rings (SSSR count). The summed E-state index contributed by atoms with van der Waals surface area (Å²) in [5.74, 6) is 3.54. The van der Waals surface area contributed by atoms with Crippen LogP contribution in [0.25, 0.3) is 0 Å². The highest BCUT2D eigenvalue weighted by Crippen LogP contribution is 2.52. The number of alkyl carbamates (subject to hydrolysis) is 1. The Balaban J connectivity index is 1.69. The molecular weight excluding hydrogens is 368 g/mol. The Morgan fingerprint density at radius 1 is 1.28 bits per heavy atom. The molecule has 0 saturated heterocycles. The molecule has 0 aliphatic heterocycles. The van der Waals surface area contributed by atoms with E-state index in [1.165, 1.54) is 37.7 Å². The highest BCUT2D eigenvalue weighted by molar-refractivity contribution is 5.67. The van der Waals surface area contributed by atoms with Crippen molar-refractivity contribution >= 4 is 6.09 Å². The summed E-state index contributed by atoms with van der Waals surface area (Å²) in [6.07, 6.45) is 6.11. The van der Waals surface area contributed by atoms with Gasteiger partial charge in [-0.25, -0.2) is 4.79 Å². The van der Waals surface area contributed by atoms with Crippen molar-refractivity contribution in [2.75, 3.05) is 13.2 Å². The number of aliphatic hydroxyl groups excluding tert-OH is 1. The maximum atomic E-state index is 12.1. The van der Waals surface area contributed by atoms with Crippen LogP contribution in [0.15, 0.2) is 4.52 Å². The maximum Gasteiger partial charge on any atom is 0.407 e. The molecule has 1 aromatic rings. The van der Waals surface area contributed by atoms with Crippen molar-refractivity contribution in [2.45, 2.75) is 96.5 Å². The lowest BCUT2D eigenvalue weighted by atomic mass is 9.69. The summed E-state index contributed by atoms with van der Waals surface area (Å²) in [6.45, 7) is 10.5. The molecule has 1 amide bonds. The molecule has 0 aromatic carbocycles. The fourth-order valence-corrected chi connectivity index (χ4v) is 4.52. The zero-order valence-electron chi connectivity index (χ0n) is 18.7. The van der Waals surface area contributed by atoms with Crippen molar-refractivity contribution in [3.63, 3.8) is 0 Å². The van der Waals surface area contributed by atoms with Crippen LogP contribution in [0.2, 0.25) is 0 Å². The molecule has 6 heteroatoms. The molecular formula is C23H38N2O4. The number of hydrogen-bond donors (Lipinski definition) is 2. The van der Waals surface area contributed by atoms with Gasteiger partial charge in [0.1, 0.15) is 11.4 Å². The van der Waals surface area contributed by atoms with E-state index < -0.39 is 11.7 Å². The van der Waals surface area contributed by atoms with E-state index >= 15 is 0 Å². The van der Waals surface area contributed by atoms with Crippen LogP contribution in [-0.4, -0.2) is 35.1 Å². The number of nitrogens with one attached hydrogen (secondary N) is 1. The number of aliphatic hydroxyl groups is 1. The Morgan fingerprint density at radius 3 is 2.52 bits per heavy atom. The number of hydrogen-bond acceptors (Lipinski definition) is 5. The molecule has 1 atom stereocenters. The van der Waals surface area contributed by atoms with E-state index in [2.05, 4.69) is 24.3 Å². The second-order valence-electron chi connectivity index (χ2n) is 10.4. The van der Waals surface area contributed by atoms with Crippen molar-refractivity contribution in [2.24, 2.45) is 11.8 Å². The third-order valence-corrected chi connectivity index (χ3v) is 5.94. The minimum atomic E-state index is -0.534. The number of carbonyl (C=O) groups is 1. The van der Waals surface area contributed by atoms with Crippen LogP contribution >= 0.6 is 0 Å². The van der Waals surface area contributed by atoms with Crippen molar-refractivity contribution in [3.05, 3.63) is 17.0 Å². The predicted octanol–water partition coefficient (Wildman–Crippen LogP) is 5.08. The first-order valence-electron chi connectivity index (χ1n) is 11.2. The lowest BCUT2D eigenvalue weighted by molar-refractivity contribution is 0.0522. The van der Waals surface area contributed by atoms with E-state index in [0.29, 0.717) is 24.8 Å². The Labute approximate surface area is 174 Å². The SMILES string of the molecule is CC(C)CC1CC(c2onc([C@H](CCO)CNC(=O)OC(C)(C)C)c2C2CC2)C1. The summed E-state index contributed by atoms with van der Waals surface area (Å²) in [5, 5.41) is 16.9. The van der Waals surface area contributed by atoms with Gasteiger partial charge in [0.15, 0.2) is 0 Å². The molecule has 1 heterocycles.